The highest BCUT2D eigenvalue weighted by molar-refractivity contribution is 7.80. The van der Waals surface area contributed by atoms with E-state index in [0.29, 0.717) is 38.8 Å². The number of alkyl halides is 3. The quantitative estimate of drug-likeness (QED) is 0.320. The molecule has 0 aliphatic heterocycles. The molecule has 4 rings (SSSR count). The summed E-state index contributed by atoms with van der Waals surface area (Å²) in [5.41, 5.74) is 2.01. The summed E-state index contributed by atoms with van der Waals surface area (Å²) in [5, 5.41) is 15.5. The first-order chi connectivity index (χ1) is 14.8. The van der Waals surface area contributed by atoms with Gasteiger partial charge in [-0.3, -0.25) is 0 Å². The predicted octanol–water partition coefficient (Wildman–Crippen LogP) is 5.71. The molecule has 31 heavy (non-hydrogen) atoms. The van der Waals surface area contributed by atoms with Gasteiger partial charge in [0.2, 0.25) is 10.1 Å². The van der Waals surface area contributed by atoms with E-state index >= 15 is 0 Å². The lowest BCUT2D eigenvalue weighted by molar-refractivity contribution is -0.138. The predicted molar refractivity (Wildman–Crippen MR) is 119 cm³/mol. The minimum absolute atomic E-state index is 0.0606. The first-order valence-electron chi connectivity index (χ1n) is 8.54. The van der Waals surface area contributed by atoms with Crippen LogP contribution in [-0.4, -0.2) is 25.3 Å². The maximum atomic E-state index is 12.7. The van der Waals surface area contributed by atoms with Crippen molar-refractivity contribution in [3.05, 3.63) is 58.8 Å². The molecule has 0 bridgehead atoms. The van der Waals surface area contributed by atoms with Gasteiger partial charge in [-0.15, -0.1) is 10.2 Å². The Balaban J connectivity index is 1.53. The van der Waals surface area contributed by atoms with Crippen LogP contribution < -0.4 is 16.0 Å². The molecule has 2 aromatic carbocycles. The Bertz CT molecular complexity index is 1260. The van der Waals surface area contributed by atoms with E-state index in [1.54, 1.807) is 30.3 Å². The third kappa shape index (κ3) is 5.16. The molecule has 0 amide bonds. The van der Waals surface area contributed by atoms with Crippen LogP contribution in [-0.2, 0) is 6.18 Å². The highest BCUT2D eigenvalue weighted by Gasteiger charge is 2.35. The van der Waals surface area contributed by atoms with Crippen molar-refractivity contribution in [1.29, 1.82) is 0 Å². The Hall–Kier alpha value is -3.09. The van der Waals surface area contributed by atoms with Crippen molar-refractivity contribution in [3.8, 4) is 0 Å². The number of hydrogen-bond acceptors (Lipinski definition) is 7. The van der Waals surface area contributed by atoms with E-state index in [9.17, 15) is 13.2 Å². The largest absolute Gasteiger partial charge is 0.445 e. The Morgan fingerprint density at radius 2 is 1.84 bits per heavy atom. The van der Waals surface area contributed by atoms with Crippen LogP contribution in [0.3, 0.4) is 0 Å². The molecule has 4 aromatic rings. The second kappa shape index (κ2) is 8.57. The van der Waals surface area contributed by atoms with E-state index in [2.05, 4.69) is 36.1 Å². The van der Waals surface area contributed by atoms with E-state index in [4.69, 9.17) is 23.8 Å². The molecule has 2 heterocycles. The van der Waals surface area contributed by atoms with E-state index in [1.165, 1.54) is 6.33 Å². The second-order valence-corrected chi connectivity index (χ2v) is 7.90. The number of fused-ring (bicyclic) bond motifs is 1. The number of hydrogen-bond donors (Lipinski definition) is 3. The van der Waals surface area contributed by atoms with Crippen molar-refractivity contribution in [2.75, 3.05) is 16.0 Å². The van der Waals surface area contributed by atoms with E-state index in [-0.39, 0.29) is 10.2 Å². The molecule has 158 valence electrons. The van der Waals surface area contributed by atoms with Crippen LogP contribution >= 0.6 is 35.2 Å². The van der Waals surface area contributed by atoms with Crippen LogP contribution in [0.5, 0.6) is 0 Å². The fourth-order valence-electron chi connectivity index (χ4n) is 2.58. The van der Waals surface area contributed by atoms with E-state index in [0.717, 1.165) is 5.69 Å². The molecule has 0 saturated carbocycles. The van der Waals surface area contributed by atoms with Crippen molar-refractivity contribution < 1.29 is 13.2 Å². The van der Waals surface area contributed by atoms with Crippen molar-refractivity contribution in [3.63, 3.8) is 0 Å². The van der Waals surface area contributed by atoms with Gasteiger partial charge in [-0.1, -0.05) is 29.0 Å². The molecule has 13 heteroatoms. The maximum Gasteiger partial charge on any atom is 0.445 e. The molecule has 0 spiro atoms. The number of rotatable bonds is 4. The van der Waals surface area contributed by atoms with Crippen LogP contribution in [0.25, 0.3) is 10.9 Å². The fraction of sp³-hybridized carbons (Fsp3) is 0.0556. The van der Waals surface area contributed by atoms with Gasteiger partial charge in [-0.25, -0.2) is 9.97 Å². The summed E-state index contributed by atoms with van der Waals surface area (Å²) in [7, 11) is 0. The van der Waals surface area contributed by atoms with E-state index in [1.807, 2.05) is 12.1 Å². The van der Waals surface area contributed by atoms with Crippen LogP contribution in [0, 0.1) is 0 Å². The molecule has 0 aliphatic rings. The Morgan fingerprint density at radius 1 is 1.00 bits per heavy atom. The summed E-state index contributed by atoms with van der Waals surface area (Å²) in [6.45, 7) is 0. The minimum atomic E-state index is -4.56. The van der Waals surface area contributed by atoms with Crippen LogP contribution in [0.15, 0.2) is 48.8 Å². The molecule has 0 fully saturated rings. The molecular formula is C18H11ClF3N7S2. The molecule has 0 aliphatic carbocycles. The lowest BCUT2D eigenvalue weighted by Gasteiger charge is -2.11. The van der Waals surface area contributed by atoms with Gasteiger partial charge in [-0.2, -0.15) is 13.2 Å². The molecule has 0 atom stereocenters. The zero-order valence-corrected chi connectivity index (χ0v) is 17.6. The smallest absolute Gasteiger partial charge is 0.340 e. The fourth-order valence-corrected chi connectivity index (χ4v) is 3.67. The first kappa shape index (κ1) is 21.2. The third-order valence-corrected chi connectivity index (χ3v) is 5.19. The Morgan fingerprint density at radius 3 is 2.58 bits per heavy atom. The average Bonchev–Trinajstić information content (AvgIpc) is 3.17. The summed E-state index contributed by atoms with van der Waals surface area (Å²) in [6.07, 6.45) is -3.13. The van der Waals surface area contributed by atoms with Gasteiger partial charge >= 0.3 is 6.18 Å². The first-order valence-corrected chi connectivity index (χ1v) is 10.1. The highest BCUT2D eigenvalue weighted by Crippen LogP contribution is 2.33. The average molecular weight is 482 g/mol. The summed E-state index contributed by atoms with van der Waals surface area (Å²) in [4.78, 5) is 8.52. The number of halogens is 4. The monoisotopic (exact) mass is 481 g/mol. The number of nitrogens with zero attached hydrogens (tertiary/aromatic N) is 4. The summed E-state index contributed by atoms with van der Waals surface area (Å²) < 4.78 is 38.0. The summed E-state index contributed by atoms with van der Waals surface area (Å²) in [6, 6.07) is 12.4. The SMILES string of the molecule is FC(F)(F)c1nnc(NC(=S)Nc2ccc3ncnc(Nc4cccc(Cl)c4)c3c2)s1. The number of benzene rings is 2. The third-order valence-electron chi connectivity index (χ3n) is 3.87. The molecule has 2 aromatic heterocycles. The zero-order valence-electron chi connectivity index (χ0n) is 15.2. The molecular weight excluding hydrogens is 471 g/mol. The minimum Gasteiger partial charge on any atom is -0.340 e. The van der Waals surface area contributed by atoms with Crippen LogP contribution in [0.2, 0.25) is 5.02 Å². The van der Waals surface area contributed by atoms with Crippen molar-refractivity contribution in [2.24, 2.45) is 0 Å². The molecule has 0 radical (unpaired) electrons. The van der Waals surface area contributed by atoms with E-state index < -0.39 is 11.2 Å². The van der Waals surface area contributed by atoms with Gasteiger partial charge in [-0.05, 0) is 48.6 Å². The van der Waals surface area contributed by atoms with Gasteiger partial charge in [0.05, 0.1) is 5.52 Å². The number of thiocarbonyl (C=S) groups is 1. The lowest BCUT2D eigenvalue weighted by Crippen LogP contribution is -2.18. The number of aromatic nitrogens is 4. The second-order valence-electron chi connectivity index (χ2n) is 6.08. The number of anilines is 4. The lowest BCUT2D eigenvalue weighted by atomic mass is 10.2. The molecule has 0 saturated heterocycles. The number of nitrogens with one attached hydrogen (secondary N) is 3. The maximum absolute atomic E-state index is 12.7. The van der Waals surface area contributed by atoms with Gasteiger partial charge in [0, 0.05) is 21.8 Å². The van der Waals surface area contributed by atoms with Crippen molar-refractivity contribution in [2.45, 2.75) is 6.18 Å². The Labute approximate surface area is 187 Å². The summed E-state index contributed by atoms with van der Waals surface area (Å²) in [5.74, 6) is 0.550. The molecule has 3 N–H and O–H groups in total. The highest BCUT2D eigenvalue weighted by atomic mass is 35.5. The standard InChI is InChI=1S/C18H11ClF3N7S2/c19-9-2-1-3-10(6-9)25-14-12-7-11(4-5-13(12)23-8-24-14)26-16(30)27-17-29-28-15(31-17)18(20,21)22/h1-8H,(H,23,24,25)(H2,26,27,29,30). The summed E-state index contributed by atoms with van der Waals surface area (Å²) >= 11 is 11.6. The van der Waals surface area contributed by atoms with Crippen molar-refractivity contribution >= 4 is 73.5 Å². The topological polar surface area (TPSA) is 87.7 Å². The zero-order chi connectivity index (χ0) is 22.0. The van der Waals surface area contributed by atoms with Crippen molar-refractivity contribution in [1.82, 2.24) is 20.2 Å². The van der Waals surface area contributed by atoms with Crippen LogP contribution in [0.1, 0.15) is 5.01 Å². The molecule has 0 unspecified atom stereocenters. The van der Waals surface area contributed by atoms with Gasteiger partial charge < -0.3 is 16.0 Å². The Kier molecular flexibility index (Phi) is 5.85. The van der Waals surface area contributed by atoms with Gasteiger partial charge in [0.1, 0.15) is 12.1 Å². The van der Waals surface area contributed by atoms with Crippen LogP contribution in [0.4, 0.5) is 35.5 Å². The normalized spacial score (nSPS) is 11.4. The van der Waals surface area contributed by atoms with Gasteiger partial charge in [0.15, 0.2) is 5.11 Å². The van der Waals surface area contributed by atoms with Gasteiger partial charge in [0.25, 0.3) is 0 Å². The molecule has 7 nitrogen and oxygen atoms in total.